The lowest BCUT2D eigenvalue weighted by Crippen LogP contribution is -1.98. The molecule has 0 atom stereocenters. The van der Waals surface area contributed by atoms with Crippen molar-refractivity contribution in [2.24, 2.45) is 0 Å². The van der Waals surface area contributed by atoms with Crippen LogP contribution >= 0.6 is 11.3 Å². The highest BCUT2D eigenvalue weighted by Crippen LogP contribution is 2.41. The molecule has 0 radical (unpaired) electrons. The molecule has 0 bridgehead atoms. The summed E-state index contributed by atoms with van der Waals surface area (Å²) in [5.41, 5.74) is 3.64. The molecule has 4 rings (SSSR count). The summed E-state index contributed by atoms with van der Waals surface area (Å²) in [6.45, 7) is 0.451. The highest BCUT2D eigenvalue weighted by molar-refractivity contribution is 7.11. The summed E-state index contributed by atoms with van der Waals surface area (Å²) >= 11 is 1.53. The minimum absolute atomic E-state index is 0.451. The molecule has 5 heteroatoms. The zero-order valence-electron chi connectivity index (χ0n) is 15.6. The van der Waals surface area contributed by atoms with Gasteiger partial charge in [0, 0.05) is 11.3 Å². The van der Waals surface area contributed by atoms with E-state index in [1.54, 1.807) is 7.11 Å². The van der Waals surface area contributed by atoms with Gasteiger partial charge in [0.15, 0.2) is 11.5 Å². The average Bonchev–Trinajstić information content (AvgIpc) is 3.48. The molecule has 1 aromatic heterocycles. The number of aromatic nitrogens is 1. The van der Waals surface area contributed by atoms with Gasteiger partial charge < -0.3 is 9.47 Å². The maximum atomic E-state index is 9.62. The van der Waals surface area contributed by atoms with Crippen molar-refractivity contribution in [2.75, 3.05) is 7.11 Å². The summed E-state index contributed by atoms with van der Waals surface area (Å²) in [5.74, 6) is 1.90. The fourth-order valence-electron chi connectivity index (χ4n) is 2.92. The van der Waals surface area contributed by atoms with Gasteiger partial charge in [0.1, 0.15) is 17.7 Å². The van der Waals surface area contributed by atoms with E-state index in [4.69, 9.17) is 9.47 Å². The lowest BCUT2D eigenvalue weighted by molar-refractivity contribution is 0.284. The Labute approximate surface area is 168 Å². The van der Waals surface area contributed by atoms with Crippen LogP contribution < -0.4 is 9.47 Å². The average molecular weight is 388 g/mol. The lowest BCUT2D eigenvalue weighted by Gasteiger charge is -2.11. The Morgan fingerprint density at radius 2 is 2.04 bits per heavy atom. The predicted molar refractivity (Wildman–Crippen MR) is 111 cm³/mol. The molecule has 1 aliphatic rings. The number of hydrogen-bond acceptors (Lipinski definition) is 5. The van der Waals surface area contributed by atoms with Gasteiger partial charge in [-0.3, -0.25) is 0 Å². The van der Waals surface area contributed by atoms with Gasteiger partial charge in [0.25, 0.3) is 0 Å². The molecule has 1 heterocycles. The predicted octanol–water partition coefficient (Wildman–Crippen LogP) is 5.67. The van der Waals surface area contributed by atoms with Crippen LogP contribution in [0.1, 0.15) is 40.6 Å². The molecule has 0 N–H and O–H groups in total. The first-order valence-corrected chi connectivity index (χ1v) is 10.1. The highest BCUT2D eigenvalue weighted by atomic mass is 32.1. The Bertz CT molecular complexity index is 1030. The van der Waals surface area contributed by atoms with E-state index in [0.29, 0.717) is 29.6 Å². The van der Waals surface area contributed by atoms with Crippen molar-refractivity contribution in [3.63, 3.8) is 0 Å². The third kappa shape index (κ3) is 4.24. The second kappa shape index (κ2) is 8.28. The molecule has 1 fully saturated rings. The van der Waals surface area contributed by atoms with E-state index >= 15 is 0 Å². The van der Waals surface area contributed by atoms with Crippen LogP contribution in [0.5, 0.6) is 11.5 Å². The van der Waals surface area contributed by atoms with Gasteiger partial charge in [0.2, 0.25) is 0 Å². The van der Waals surface area contributed by atoms with Gasteiger partial charge in [-0.1, -0.05) is 36.4 Å². The maximum Gasteiger partial charge on any atom is 0.162 e. The molecule has 140 valence electrons. The first-order chi connectivity index (χ1) is 13.8. The zero-order valence-corrected chi connectivity index (χ0v) is 16.4. The minimum atomic E-state index is 0.451. The van der Waals surface area contributed by atoms with Gasteiger partial charge in [-0.15, -0.1) is 11.3 Å². The largest absolute Gasteiger partial charge is 0.493 e. The molecule has 0 saturated heterocycles. The van der Waals surface area contributed by atoms with Crippen LogP contribution in [0.15, 0.2) is 53.9 Å². The summed E-state index contributed by atoms with van der Waals surface area (Å²) in [7, 11) is 1.62. The smallest absolute Gasteiger partial charge is 0.162 e. The number of thiazole rings is 1. The van der Waals surface area contributed by atoms with E-state index < -0.39 is 0 Å². The van der Waals surface area contributed by atoms with Crippen LogP contribution in [0, 0.1) is 11.3 Å². The van der Waals surface area contributed by atoms with E-state index in [0.717, 1.165) is 21.8 Å². The van der Waals surface area contributed by atoms with Gasteiger partial charge in [-0.05, 0) is 42.2 Å². The normalized spacial score (nSPS) is 13.8. The topological polar surface area (TPSA) is 55.1 Å². The summed E-state index contributed by atoms with van der Waals surface area (Å²) in [4.78, 5) is 4.64. The number of nitriles is 1. The Morgan fingerprint density at radius 1 is 1.21 bits per heavy atom. The van der Waals surface area contributed by atoms with E-state index in [9.17, 15) is 5.26 Å². The number of ether oxygens (including phenoxy) is 2. The molecule has 3 aromatic rings. The van der Waals surface area contributed by atoms with Crippen molar-refractivity contribution < 1.29 is 9.47 Å². The van der Waals surface area contributed by atoms with Crippen molar-refractivity contribution in [1.82, 2.24) is 4.98 Å². The van der Waals surface area contributed by atoms with E-state index in [2.05, 4.69) is 16.4 Å². The van der Waals surface area contributed by atoms with Crippen LogP contribution in [-0.4, -0.2) is 12.1 Å². The second-order valence-electron chi connectivity index (χ2n) is 6.71. The number of rotatable bonds is 7. The minimum Gasteiger partial charge on any atom is -0.493 e. The standard InChI is InChI=1S/C23H20N2O2S/c1-26-21-10-7-17(12-22(21)27-14-16-5-3-2-4-6-16)11-19(13-24)23-25-20(15-28-23)18-8-9-18/h2-7,10-12,15,18H,8-9,14H2,1H3/b19-11+. The summed E-state index contributed by atoms with van der Waals surface area (Å²) in [5, 5.41) is 12.5. The lowest BCUT2D eigenvalue weighted by atomic mass is 10.1. The van der Waals surface area contributed by atoms with Crippen LogP contribution in [0.4, 0.5) is 0 Å². The fraction of sp³-hybridized carbons (Fsp3) is 0.217. The Hall–Kier alpha value is -3.10. The van der Waals surface area contributed by atoms with Gasteiger partial charge in [0.05, 0.1) is 18.4 Å². The van der Waals surface area contributed by atoms with Gasteiger partial charge in [-0.2, -0.15) is 5.26 Å². The van der Waals surface area contributed by atoms with E-state index in [1.165, 1.54) is 24.2 Å². The highest BCUT2D eigenvalue weighted by Gasteiger charge is 2.26. The molecule has 0 amide bonds. The van der Waals surface area contributed by atoms with Crippen LogP contribution in [0.2, 0.25) is 0 Å². The number of benzene rings is 2. The van der Waals surface area contributed by atoms with Crippen LogP contribution in [-0.2, 0) is 6.61 Å². The molecule has 28 heavy (non-hydrogen) atoms. The number of hydrogen-bond donors (Lipinski definition) is 0. The summed E-state index contributed by atoms with van der Waals surface area (Å²) in [6.07, 6.45) is 4.26. The molecule has 4 nitrogen and oxygen atoms in total. The SMILES string of the molecule is COc1ccc(/C=C(\C#N)c2nc(C3CC3)cs2)cc1OCc1ccccc1. The molecular formula is C23H20N2O2S. The fourth-order valence-corrected chi connectivity index (χ4v) is 3.78. The third-order valence-electron chi connectivity index (χ3n) is 4.60. The maximum absolute atomic E-state index is 9.62. The van der Waals surface area contributed by atoms with Crippen LogP contribution in [0.3, 0.4) is 0 Å². The van der Waals surface area contributed by atoms with Crippen molar-refractivity contribution in [2.45, 2.75) is 25.4 Å². The van der Waals surface area contributed by atoms with Crippen LogP contribution in [0.25, 0.3) is 11.6 Å². The molecule has 0 spiro atoms. The Balaban J connectivity index is 1.57. The first-order valence-electron chi connectivity index (χ1n) is 9.19. The molecular weight excluding hydrogens is 368 g/mol. The van der Waals surface area contributed by atoms with Crippen molar-refractivity contribution >= 4 is 23.0 Å². The van der Waals surface area contributed by atoms with E-state index in [1.807, 2.05) is 54.6 Å². The quantitative estimate of drug-likeness (QED) is 0.489. The first kappa shape index (κ1) is 18.3. The monoisotopic (exact) mass is 388 g/mol. The number of nitrogens with zero attached hydrogens (tertiary/aromatic N) is 2. The zero-order chi connectivity index (χ0) is 19.3. The number of methoxy groups -OCH3 is 1. The van der Waals surface area contributed by atoms with E-state index in [-0.39, 0.29) is 0 Å². The number of allylic oxidation sites excluding steroid dienone is 1. The molecule has 0 aliphatic heterocycles. The Kier molecular flexibility index (Phi) is 5.41. The molecule has 0 unspecified atom stereocenters. The van der Waals surface area contributed by atoms with Crippen molar-refractivity contribution in [1.29, 1.82) is 5.26 Å². The summed E-state index contributed by atoms with van der Waals surface area (Å²) < 4.78 is 11.4. The molecule has 2 aromatic carbocycles. The van der Waals surface area contributed by atoms with Crippen molar-refractivity contribution in [3.8, 4) is 17.6 Å². The Morgan fingerprint density at radius 3 is 2.75 bits per heavy atom. The molecule has 1 aliphatic carbocycles. The van der Waals surface area contributed by atoms with Gasteiger partial charge >= 0.3 is 0 Å². The van der Waals surface area contributed by atoms with Crippen molar-refractivity contribution in [3.05, 3.63) is 75.7 Å². The molecule has 1 saturated carbocycles. The third-order valence-corrected chi connectivity index (χ3v) is 5.50. The second-order valence-corrected chi connectivity index (χ2v) is 7.56. The van der Waals surface area contributed by atoms with Gasteiger partial charge in [-0.25, -0.2) is 4.98 Å². The summed E-state index contributed by atoms with van der Waals surface area (Å²) in [6, 6.07) is 17.9.